The summed E-state index contributed by atoms with van der Waals surface area (Å²) in [4.78, 5) is 0. The van der Waals surface area contributed by atoms with E-state index in [2.05, 4.69) is 26.0 Å². The Balaban J connectivity index is 3.11. The SMILES string of the molecule is CCCCCC=CSOSC=CCCCCC. The predicted octanol–water partition coefficient (Wildman–Crippen LogP) is 6.49. The van der Waals surface area contributed by atoms with Crippen LogP contribution >= 0.6 is 24.1 Å². The minimum Gasteiger partial charge on any atom is -0.238 e. The van der Waals surface area contributed by atoms with Crippen LogP contribution in [0.15, 0.2) is 23.0 Å². The maximum atomic E-state index is 5.31. The van der Waals surface area contributed by atoms with E-state index < -0.39 is 0 Å². The van der Waals surface area contributed by atoms with Gasteiger partial charge in [-0.3, -0.25) is 0 Å². The molecule has 0 heterocycles. The van der Waals surface area contributed by atoms with Crippen LogP contribution in [0.3, 0.4) is 0 Å². The van der Waals surface area contributed by atoms with Crippen molar-refractivity contribution in [1.82, 2.24) is 0 Å². The molecule has 0 aromatic heterocycles. The summed E-state index contributed by atoms with van der Waals surface area (Å²) < 4.78 is 5.31. The van der Waals surface area contributed by atoms with Gasteiger partial charge in [0.25, 0.3) is 0 Å². The third-order valence-corrected chi connectivity index (χ3v) is 3.57. The summed E-state index contributed by atoms with van der Waals surface area (Å²) >= 11 is 2.82. The molecular weight excluding hydrogens is 248 g/mol. The van der Waals surface area contributed by atoms with Crippen LogP contribution in [0.4, 0.5) is 0 Å². The number of hydrogen-bond donors (Lipinski definition) is 0. The summed E-state index contributed by atoms with van der Waals surface area (Å²) in [6, 6.07) is 0. The van der Waals surface area contributed by atoms with Crippen molar-refractivity contribution in [3.05, 3.63) is 23.0 Å². The molecule has 17 heavy (non-hydrogen) atoms. The molecule has 0 rings (SSSR count). The van der Waals surface area contributed by atoms with E-state index in [1.165, 1.54) is 75.5 Å². The lowest BCUT2D eigenvalue weighted by Gasteiger charge is -1.93. The van der Waals surface area contributed by atoms with Gasteiger partial charge in [0.2, 0.25) is 0 Å². The number of rotatable bonds is 12. The Kier molecular flexibility index (Phi) is 16.3. The van der Waals surface area contributed by atoms with Gasteiger partial charge in [0.05, 0.1) is 0 Å². The average Bonchev–Trinajstić information content (AvgIpc) is 2.35. The van der Waals surface area contributed by atoms with Crippen molar-refractivity contribution in [3.63, 3.8) is 0 Å². The Morgan fingerprint density at radius 1 is 0.765 bits per heavy atom. The van der Waals surface area contributed by atoms with Crippen molar-refractivity contribution in [2.75, 3.05) is 0 Å². The molecule has 0 aliphatic rings. The maximum absolute atomic E-state index is 5.31. The zero-order valence-corrected chi connectivity index (χ0v) is 12.8. The third kappa shape index (κ3) is 16.1. The topological polar surface area (TPSA) is 9.23 Å². The second kappa shape index (κ2) is 16.1. The van der Waals surface area contributed by atoms with Crippen LogP contribution in [0, 0.1) is 0 Å². The third-order valence-electron chi connectivity index (χ3n) is 2.33. The number of allylic oxidation sites excluding steroid dienone is 2. The van der Waals surface area contributed by atoms with Gasteiger partial charge in [0, 0.05) is 24.1 Å². The van der Waals surface area contributed by atoms with E-state index >= 15 is 0 Å². The number of unbranched alkanes of at least 4 members (excludes halogenated alkanes) is 6. The summed E-state index contributed by atoms with van der Waals surface area (Å²) in [6.07, 6.45) is 14.5. The molecule has 0 aliphatic carbocycles. The van der Waals surface area contributed by atoms with Crippen LogP contribution < -0.4 is 0 Å². The van der Waals surface area contributed by atoms with Crippen molar-refractivity contribution >= 4 is 24.1 Å². The molecule has 0 saturated carbocycles. The molecule has 100 valence electrons. The van der Waals surface area contributed by atoms with Gasteiger partial charge in [-0.15, -0.1) is 0 Å². The van der Waals surface area contributed by atoms with Crippen molar-refractivity contribution < 1.29 is 3.63 Å². The fourth-order valence-corrected chi connectivity index (χ4v) is 2.28. The number of hydrogen-bond acceptors (Lipinski definition) is 3. The van der Waals surface area contributed by atoms with Gasteiger partial charge >= 0.3 is 0 Å². The van der Waals surface area contributed by atoms with Crippen LogP contribution in [0.2, 0.25) is 0 Å². The largest absolute Gasteiger partial charge is 0.238 e. The first-order valence-electron chi connectivity index (χ1n) is 6.70. The van der Waals surface area contributed by atoms with E-state index in [1.807, 2.05) is 10.8 Å². The monoisotopic (exact) mass is 274 g/mol. The first kappa shape index (κ1) is 17.1. The van der Waals surface area contributed by atoms with Crippen LogP contribution in [0.25, 0.3) is 0 Å². The molecule has 1 nitrogen and oxygen atoms in total. The summed E-state index contributed by atoms with van der Waals surface area (Å²) in [5, 5.41) is 4.07. The Morgan fingerprint density at radius 2 is 1.24 bits per heavy atom. The zero-order valence-electron chi connectivity index (χ0n) is 11.2. The van der Waals surface area contributed by atoms with Gasteiger partial charge in [-0.2, -0.15) is 0 Å². The highest BCUT2D eigenvalue weighted by atomic mass is 32.2. The molecule has 0 aromatic carbocycles. The summed E-state index contributed by atoms with van der Waals surface area (Å²) in [5.41, 5.74) is 0. The van der Waals surface area contributed by atoms with E-state index in [9.17, 15) is 0 Å². The minimum absolute atomic E-state index is 1.17. The van der Waals surface area contributed by atoms with Gasteiger partial charge < -0.3 is 0 Å². The summed E-state index contributed by atoms with van der Waals surface area (Å²) in [6.45, 7) is 4.45. The molecule has 0 amide bonds. The molecule has 0 aliphatic heterocycles. The Bertz CT molecular complexity index is 171. The van der Waals surface area contributed by atoms with Crippen LogP contribution in [-0.4, -0.2) is 0 Å². The lowest BCUT2D eigenvalue weighted by molar-refractivity contribution is 0.728. The fraction of sp³-hybridized carbons (Fsp3) is 0.714. The highest BCUT2D eigenvalue weighted by Gasteiger charge is 1.85. The van der Waals surface area contributed by atoms with Gasteiger partial charge in [-0.25, -0.2) is 3.63 Å². The molecule has 0 bridgehead atoms. The van der Waals surface area contributed by atoms with Gasteiger partial charge in [0.1, 0.15) is 0 Å². The first-order chi connectivity index (χ1) is 8.41. The van der Waals surface area contributed by atoms with Crippen molar-refractivity contribution in [2.24, 2.45) is 0 Å². The quantitative estimate of drug-likeness (QED) is 0.297. The standard InChI is InChI=1S/C14H26OS2/c1-3-5-7-9-11-13-16-15-17-14-12-10-8-6-4-2/h11-14H,3-10H2,1-2H3. The van der Waals surface area contributed by atoms with Crippen molar-refractivity contribution in [1.29, 1.82) is 0 Å². The van der Waals surface area contributed by atoms with Gasteiger partial charge in [-0.1, -0.05) is 51.7 Å². The Labute approximate surface area is 116 Å². The Hall–Kier alpha value is 0.140. The van der Waals surface area contributed by atoms with E-state index in [1.54, 1.807) is 0 Å². The molecule has 0 unspecified atom stereocenters. The normalized spacial score (nSPS) is 11.9. The maximum Gasteiger partial charge on any atom is 0.0364 e. The first-order valence-corrected chi connectivity index (χ1v) is 8.31. The molecule has 0 fully saturated rings. The average molecular weight is 274 g/mol. The lowest BCUT2D eigenvalue weighted by atomic mass is 10.2. The van der Waals surface area contributed by atoms with Crippen LogP contribution in [-0.2, 0) is 3.63 Å². The second-order valence-corrected chi connectivity index (χ2v) is 5.47. The Morgan fingerprint density at radius 3 is 1.65 bits per heavy atom. The summed E-state index contributed by atoms with van der Waals surface area (Å²) in [7, 11) is 0. The van der Waals surface area contributed by atoms with Crippen molar-refractivity contribution in [2.45, 2.75) is 65.2 Å². The molecule has 3 heteroatoms. The molecule has 0 radical (unpaired) electrons. The van der Waals surface area contributed by atoms with Crippen LogP contribution in [0.5, 0.6) is 0 Å². The predicted molar refractivity (Wildman–Crippen MR) is 82.8 cm³/mol. The van der Waals surface area contributed by atoms with E-state index in [4.69, 9.17) is 3.63 Å². The second-order valence-electron chi connectivity index (χ2n) is 4.00. The molecule has 0 saturated heterocycles. The van der Waals surface area contributed by atoms with E-state index in [0.29, 0.717) is 0 Å². The smallest absolute Gasteiger partial charge is 0.0364 e. The lowest BCUT2D eigenvalue weighted by Crippen LogP contribution is -1.70. The molecule has 0 N–H and O–H groups in total. The highest BCUT2D eigenvalue weighted by Crippen LogP contribution is 2.18. The molecule has 0 spiro atoms. The van der Waals surface area contributed by atoms with E-state index in [0.717, 1.165) is 0 Å². The highest BCUT2D eigenvalue weighted by molar-refractivity contribution is 8.10. The summed E-state index contributed by atoms with van der Waals surface area (Å²) in [5.74, 6) is 0. The van der Waals surface area contributed by atoms with Gasteiger partial charge in [-0.05, 0) is 36.5 Å². The fourth-order valence-electron chi connectivity index (χ4n) is 1.31. The van der Waals surface area contributed by atoms with Crippen molar-refractivity contribution in [3.8, 4) is 0 Å². The van der Waals surface area contributed by atoms with Crippen LogP contribution in [0.1, 0.15) is 65.2 Å². The minimum atomic E-state index is 1.17. The van der Waals surface area contributed by atoms with Gasteiger partial charge in [0.15, 0.2) is 0 Å². The zero-order chi connectivity index (χ0) is 12.6. The molecule has 0 aromatic rings. The molecular formula is C14H26OS2. The van der Waals surface area contributed by atoms with E-state index in [-0.39, 0.29) is 0 Å². The molecule has 0 atom stereocenters.